The van der Waals surface area contributed by atoms with Crippen molar-refractivity contribution >= 4 is 11.8 Å². The summed E-state index contributed by atoms with van der Waals surface area (Å²) in [7, 11) is 3.38. The van der Waals surface area contributed by atoms with Gasteiger partial charge in [-0.1, -0.05) is 57.8 Å². The van der Waals surface area contributed by atoms with Crippen molar-refractivity contribution in [2.75, 3.05) is 14.2 Å². The average Bonchev–Trinajstić information content (AvgIpc) is 3.11. The van der Waals surface area contributed by atoms with E-state index in [4.69, 9.17) is 14.2 Å². The third-order valence-electron chi connectivity index (χ3n) is 6.45. The van der Waals surface area contributed by atoms with Crippen molar-refractivity contribution in [3.63, 3.8) is 0 Å². The van der Waals surface area contributed by atoms with E-state index < -0.39 is 17.3 Å². The van der Waals surface area contributed by atoms with Crippen molar-refractivity contribution < 1.29 is 33.7 Å². The molecule has 0 aromatic heterocycles. The molecule has 9 heteroatoms. The van der Waals surface area contributed by atoms with E-state index in [2.05, 4.69) is 30.8 Å². The van der Waals surface area contributed by atoms with Gasteiger partial charge in [-0.05, 0) is 38.5 Å². The van der Waals surface area contributed by atoms with Crippen molar-refractivity contribution in [3.8, 4) is 0 Å². The second kappa shape index (κ2) is 17.2. The first-order valence-electron chi connectivity index (χ1n) is 12.7. The molecule has 0 aliphatic heterocycles. The van der Waals surface area contributed by atoms with Gasteiger partial charge in [-0.3, -0.25) is 9.63 Å². The number of allylic oxidation sites excluding steroid dienone is 1. The zero-order valence-corrected chi connectivity index (χ0v) is 21.9. The Bertz CT molecular complexity index is 707. The molecular weight excluding hydrogens is 454 g/mol. The van der Waals surface area contributed by atoms with E-state index >= 15 is 0 Å². The van der Waals surface area contributed by atoms with Crippen LogP contribution in [0.15, 0.2) is 24.3 Å². The minimum atomic E-state index is -1.26. The molecule has 1 fully saturated rings. The van der Waals surface area contributed by atoms with Crippen molar-refractivity contribution in [1.29, 1.82) is 0 Å². The molecule has 1 rings (SSSR count). The molecule has 2 unspecified atom stereocenters. The van der Waals surface area contributed by atoms with E-state index in [0.717, 1.165) is 25.7 Å². The third-order valence-corrected chi connectivity index (χ3v) is 6.45. The number of ether oxygens (including phenoxy) is 3. The van der Waals surface area contributed by atoms with Gasteiger partial charge in [-0.2, -0.15) is 0 Å². The number of methoxy groups -OCH3 is 2. The molecule has 0 aromatic carbocycles. The molecule has 0 aromatic rings. The molecular formula is C26H43NO8. The molecule has 1 aliphatic carbocycles. The lowest BCUT2D eigenvalue weighted by molar-refractivity contribution is -0.777. The Labute approximate surface area is 209 Å². The van der Waals surface area contributed by atoms with Crippen LogP contribution in [-0.4, -0.2) is 49.6 Å². The fourth-order valence-corrected chi connectivity index (χ4v) is 4.54. The molecule has 0 N–H and O–H groups in total. The van der Waals surface area contributed by atoms with Gasteiger partial charge in [0.05, 0.1) is 12.2 Å². The van der Waals surface area contributed by atoms with Crippen LogP contribution >= 0.6 is 0 Å². The first-order chi connectivity index (χ1) is 16.7. The van der Waals surface area contributed by atoms with Gasteiger partial charge < -0.3 is 14.2 Å². The highest BCUT2D eigenvalue weighted by atomic mass is 17.0. The summed E-state index contributed by atoms with van der Waals surface area (Å²) in [6.07, 6.45) is 13.8. The number of carbonyl (C=O) groups is 2. The van der Waals surface area contributed by atoms with Crippen LogP contribution < -0.4 is 0 Å². The summed E-state index contributed by atoms with van der Waals surface area (Å²) in [5.41, 5.74) is 0. The first kappa shape index (κ1) is 30.8. The molecule has 0 bridgehead atoms. The summed E-state index contributed by atoms with van der Waals surface area (Å²) in [5.74, 6) is 0.0637. The Morgan fingerprint density at radius 3 is 2.60 bits per heavy atom. The smallest absolute Gasteiger partial charge is 0.332 e. The molecule has 0 saturated heterocycles. The predicted molar refractivity (Wildman–Crippen MR) is 132 cm³/mol. The van der Waals surface area contributed by atoms with Crippen molar-refractivity contribution in [3.05, 3.63) is 34.4 Å². The summed E-state index contributed by atoms with van der Waals surface area (Å²) in [6, 6.07) is 0. The number of unbranched alkanes of at least 4 members (excludes halogenated alkanes) is 3. The topological polar surface area (TPSA) is 114 Å². The SMILES string of the molecule is CCCC[C@@H](C)C[C@H](/C=C/[C@H]1C(OC)CC(=O)[C@@H]1CCCC/C=C/C(=O)OC(C)O[N+](=O)[O-])OC. The molecule has 9 nitrogen and oxygen atoms in total. The van der Waals surface area contributed by atoms with E-state index in [1.54, 1.807) is 20.3 Å². The predicted octanol–water partition coefficient (Wildman–Crippen LogP) is 5.21. The highest BCUT2D eigenvalue weighted by molar-refractivity contribution is 5.84. The average molecular weight is 498 g/mol. The van der Waals surface area contributed by atoms with Crippen molar-refractivity contribution in [2.45, 2.75) is 97.1 Å². The van der Waals surface area contributed by atoms with Crippen LogP contribution in [0.5, 0.6) is 0 Å². The van der Waals surface area contributed by atoms with Gasteiger partial charge in [0.1, 0.15) is 5.78 Å². The number of carbonyl (C=O) groups excluding carboxylic acids is 2. The van der Waals surface area contributed by atoms with Gasteiger partial charge in [-0.15, -0.1) is 10.1 Å². The van der Waals surface area contributed by atoms with Gasteiger partial charge in [0.15, 0.2) is 0 Å². The summed E-state index contributed by atoms with van der Waals surface area (Å²) >= 11 is 0. The maximum atomic E-state index is 12.7. The standard InChI is InChI=1S/C26H43NO8/c1-6-7-12-19(2)17-21(32-4)15-16-23-22(24(28)18-25(23)33-5)13-10-8-9-11-14-26(29)34-20(3)35-27(30)31/h11,14-16,19-23,25H,6-10,12-13,17-18H2,1-5H3/b14-11+,16-15+/t19-,20?,21+,22-,23-,25?/m1/s1. The van der Waals surface area contributed by atoms with E-state index in [0.29, 0.717) is 18.8 Å². The maximum Gasteiger partial charge on any atom is 0.332 e. The zero-order chi connectivity index (χ0) is 26.2. The molecule has 0 radical (unpaired) electrons. The minimum Gasteiger partial charge on any atom is -0.432 e. The Balaban J connectivity index is 2.54. The van der Waals surface area contributed by atoms with Crippen LogP contribution in [-0.2, 0) is 28.6 Å². The summed E-state index contributed by atoms with van der Waals surface area (Å²) in [5, 5.41) is 9.21. The third kappa shape index (κ3) is 12.3. The van der Waals surface area contributed by atoms with Crippen LogP contribution in [0, 0.1) is 27.9 Å². The monoisotopic (exact) mass is 497 g/mol. The number of hydrogen-bond acceptors (Lipinski definition) is 8. The first-order valence-corrected chi connectivity index (χ1v) is 12.7. The Kier molecular flexibility index (Phi) is 15.1. The Morgan fingerprint density at radius 2 is 1.97 bits per heavy atom. The molecule has 0 amide bonds. The number of Topliss-reactive ketones (excluding diaryl/α,β-unsaturated/α-hetero) is 1. The van der Waals surface area contributed by atoms with E-state index in [-0.39, 0.29) is 29.8 Å². The van der Waals surface area contributed by atoms with Crippen LogP contribution in [0.2, 0.25) is 0 Å². The van der Waals surface area contributed by atoms with Crippen LogP contribution in [0.25, 0.3) is 0 Å². The highest BCUT2D eigenvalue weighted by Gasteiger charge is 2.40. The van der Waals surface area contributed by atoms with Crippen LogP contribution in [0.3, 0.4) is 0 Å². The summed E-state index contributed by atoms with van der Waals surface area (Å²) < 4.78 is 16.0. The second-order valence-corrected chi connectivity index (χ2v) is 9.29. The number of ketones is 1. The lowest BCUT2D eigenvalue weighted by Gasteiger charge is -2.21. The summed E-state index contributed by atoms with van der Waals surface area (Å²) in [4.78, 5) is 38.6. The molecule has 0 heterocycles. The molecule has 1 saturated carbocycles. The van der Waals surface area contributed by atoms with Crippen molar-refractivity contribution in [2.24, 2.45) is 17.8 Å². The van der Waals surface area contributed by atoms with Crippen LogP contribution in [0.1, 0.15) is 78.6 Å². The second-order valence-electron chi connectivity index (χ2n) is 9.29. The van der Waals surface area contributed by atoms with E-state index in [1.807, 2.05) is 0 Å². The largest absolute Gasteiger partial charge is 0.432 e. The molecule has 35 heavy (non-hydrogen) atoms. The lowest BCUT2D eigenvalue weighted by atomic mass is 9.88. The van der Waals surface area contributed by atoms with Crippen molar-refractivity contribution in [1.82, 2.24) is 0 Å². The minimum absolute atomic E-state index is 0.0269. The van der Waals surface area contributed by atoms with Gasteiger partial charge >= 0.3 is 5.97 Å². The normalized spacial score (nSPS) is 23.0. The number of hydrogen-bond donors (Lipinski definition) is 0. The van der Waals surface area contributed by atoms with Crippen LogP contribution in [0.4, 0.5) is 0 Å². The highest BCUT2D eigenvalue weighted by Crippen LogP contribution is 2.36. The van der Waals surface area contributed by atoms with Gasteiger partial charge in [0.2, 0.25) is 6.29 Å². The van der Waals surface area contributed by atoms with Gasteiger partial charge in [0.25, 0.3) is 5.09 Å². The van der Waals surface area contributed by atoms with Gasteiger partial charge in [-0.25, -0.2) is 4.79 Å². The fraction of sp³-hybridized carbons (Fsp3) is 0.769. The van der Waals surface area contributed by atoms with E-state index in [1.165, 1.54) is 32.3 Å². The number of nitrogens with zero attached hydrogens (tertiary/aromatic N) is 1. The molecule has 0 spiro atoms. The number of rotatable bonds is 18. The van der Waals surface area contributed by atoms with Gasteiger partial charge in [0, 0.05) is 38.6 Å². The fourth-order valence-electron chi connectivity index (χ4n) is 4.54. The van der Waals surface area contributed by atoms with E-state index in [9.17, 15) is 19.7 Å². The maximum absolute atomic E-state index is 12.7. The molecule has 6 atom stereocenters. The quantitative estimate of drug-likeness (QED) is 0.0482. The lowest BCUT2D eigenvalue weighted by Crippen LogP contribution is -2.21. The zero-order valence-electron chi connectivity index (χ0n) is 21.9. The molecule has 1 aliphatic rings. The molecule has 200 valence electrons. The Morgan fingerprint density at radius 1 is 1.23 bits per heavy atom. The Hall–Kier alpha value is -2.26. The summed E-state index contributed by atoms with van der Waals surface area (Å²) in [6.45, 7) is 5.73. The number of esters is 1.